The molecule has 1 aromatic rings. The van der Waals surface area contributed by atoms with Gasteiger partial charge in [0, 0.05) is 18.2 Å². The van der Waals surface area contributed by atoms with E-state index in [2.05, 4.69) is 4.98 Å². The molecule has 1 rings (SSSR count). The van der Waals surface area contributed by atoms with Gasteiger partial charge in [-0.2, -0.15) is 0 Å². The second-order valence-corrected chi connectivity index (χ2v) is 6.96. The summed E-state index contributed by atoms with van der Waals surface area (Å²) in [7, 11) is -2.92. The maximum absolute atomic E-state index is 10.9. The van der Waals surface area contributed by atoms with Crippen LogP contribution in [0.2, 0.25) is 0 Å². The van der Waals surface area contributed by atoms with Crippen molar-refractivity contribution in [3.63, 3.8) is 0 Å². The van der Waals surface area contributed by atoms with Crippen molar-refractivity contribution in [3.05, 3.63) is 23.9 Å². The number of hydrogen-bond donors (Lipinski definition) is 1. The zero-order chi connectivity index (χ0) is 12.2. The summed E-state index contributed by atoms with van der Waals surface area (Å²) in [5.41, 5.74) is 0.789. The molecule has 0 saturated heterocycles. The van der Waals surface area contributed by atoms with Gasteiger partial charge in [-0.05, 0) is 24.6 Å². The highest BCUT2D eigenvalue weighted by atomic mass is 32.2. The summed E-state index contributed by atoms with van der Waals surface area (Å²) < 4.78 is 21.8. The van der Waals surface area contributed by atoms with Crippen LogP contribution in [0, 0.1) is 0 Å². The number of thioether (sulfide) groups is 1. The lowest BCUT2D eigenvalue weighted by Gasteiger charge is -2.06. The second-order valence-electron chi connectivity index (χ2n) is 3.58. The Morgan fingerprint density at radius 3 is 2.81 bits per heavy atom. The molecule has 0 saturated carbocycles. The van der Waals surface area contributed by atoms with E-state index in [1.807, 2.05) is 0 Å². The number of aliphatic hydroxyl groups excluding tert-OH is 1. The average Bonchev–Trinajstić information content (AvgIpc) is 2.16. The van der Waals surface area contributed by atoms with Crippen molar-refractivity contribution in [2.24, 2.45) is 0 Å². The van der Waals surface area contributed by atoms with Crippen LogP contribution >= 0.6 is 11.8 Å². The highest BCUT2D eigenvalue weighted by molar-refractivity contribution is 8.00. The lowest BCUT2D eigenvalue weighted by atomic mass is 10.2. The first kappa shape index (κ1) is 13.5. The van der Waals surface area contributed by atoms with Crippen molar-refractivity contribution >= 4 is 21.6 Å². The minimum absolute atomic E-state index is 0.137. The van der Waals surface area contributed by atoms with E-state index in [1.165, 1.54) is 18.0 Å². The summed E-state index contributed by atoms with van der Waals surface area (Å²) in [6.07, 6.45) is 2.30. The van der Waals surface area contributed by atoms with Crippen molar-refractivity contribution < 1.29 is 13.5 Å². The fourth-order valence-corrected chi connectivity index (χ4v) is 3.17. The van der Waals surface area contributed by atoms with E-state index < -0.39 is 15.9 Å². The second kappa shape index (κ2) is 5.65. The van der Waals surface area contributed by atoms with E-state index in [9.17, 15) is 13.5 Å². The van der Waals surface area contributed by atoms with Crippen LogP contribution in [0.5, 0.6) is 0 Å². The minimum Gasteiger partial charge on any atom is -0.389 e. The summed E-state index contributed by atoms with van der Waals surface area (Å²) in [4.78, 5) is 4.10. The third-order valence-electron chi connectivity index (χ3n) is 1.95. The first-order valence-electron chi connectivity index (χ1n) is 4.83. The zero-order valence-corrected chi connectivity index (χ0v) is 10.9. The molecule has 6 heteroatoms. The molecule has 1 aromatic heterocycles. The Morgan fingerprint density at radius 2 is 2.25 bits per heavy atom. The lowest BCUT2D eigenvalue weighted by Crippen LogP contribution is -2.05. The number of nitrogens with zero attached hydrogens (tertiary/aromatic N) is 1. The molecule has 0 aliphatic heterocycles. The Hall–Kier alpha value is -0.590. The molecular weight excluding hydrogens is 246 g/mol. The SMILES string of the molecule is C[C@@H](O)c1ccnc(SCCS(C)(=O)=O)c1. The number of hydrogen-bond acceptors (Lipinski definition) is 5. The number of pyridine rings is 1. The van der Waals surface area contributed by atoms with Crippen LogP contribution in [0.3, 0.4) is 0 Å². The van der Waals surface area contributed by atoms with E-state index in [0.717, 1.165) is 10.6 Å². The number of sulfone groups is 1. The first-order chi connectivity index (χ1) is 7.38. The van der Waals surface area contributed by atoms with Crippen LogP contribution in [0.25, 0.3) is 0 Å². The van der Waals surface area contributed by atoms with E-state index in [0.29, 0.717) is 5.75 Å². The van der Waals surface area contributed by atoms with Crippen LogP contribution in [-0.4, -0.2) is 36.3 Å². The zero-order valence-electron chi connectivity index (χ0n) is 9.25. The van der Waals surface area contributed by atoms with Gasteiger partial charge >= 0.3 is 0 Å². The van der Waals surface area contributed by atoms with Gasteiger partial charge in [-0.3, -0.25) is 0 Å². The van der Waals surface area contributed by atoms with E-state index in [1.54, 1.807) is 25.3 Å². The molecule has 0 aromatic carbocycles. The van der Waals surface area contributed by atoms with Crippen molar-refractivity contribution in [2.75, 3.05) is 17.8 Å². The molecule has 0 amide bonds. The Bertz CT molecular complexity index is 443. The Kier molecular flexibility index (Phi) is 4.76. The molecule has 4 nitrogen and oxygen atoms in total. The normalized spacial score (nSPS) is 13.7. The number of rotatable bonds is 5. The van der Waals surface area contributed by atoms with Crippen LogP contribution in [0.15, 0.2) is 23.4 Å². The van der Waals surface area contributed by atoms with E-state index in [-0.39, 0.29) is 5.75 Å². The highest BCUT2D eigenvalue weighted by Gasteiger charge is 2.05. The fraction of sp³-hybridized carbons (Fsp3) is 0.500. The summed E-state index contributed by atoms with van der Waals surface area (Å²) >= 11 is 1.38. The van der Waals surface area contributed by atoms with Crippen molar-refractivity contribution in [1.29, 1.82) is 0 Å². The van der Waals surface area contributed by atoms with Gasteiger partial charge in [-0.25, -0.2) is 13.4 Å². The molecule has 0 fully saturated rings. The Morgan fingerprint density at radius 1 is 1.56 bits per heavy atom. The van der Waals surface area contributed by atoms with Gasteiger partial charge in [0.25, 0.3) is 0 Å². The lowest BCUT2D eigenvalue weighted by molar-refractivity contribution is 0.199. The van der Waals surface area contributed by atoms with Crippen molar-refractivity contribution in [2.45, 2.75) is 18.1 Å². The molecule has 1 atom stereocenters. The smallest absolute Gasteiger partial charge is 0.148 e. The highest BCUT2D eigenvalue weighted by Crippen LogP contribution is 2.19. The van der Waals surface area contributed by atoms with Gasteiger partial charge in [-0.15, -0.1) is 11.8 Å². The molecule has 0 unspecified atom stereocenters. The molecule has 1 N–H and O–H groups in total. The van der Waals surface area contributed by atoms with Crippen molar-refractivity contribution in [3.8, 4) is 0 Å². The van der Waals surface area contributed by atoms with E-state index >= 15 is 0 Å². The predicted molar refractivity (Wildman–Crippen MR) is 65.3 cm³/mol. The van der Waals surface area contributed by atoms with Crippen LogP contribution in [0.4, 0.5) is 0 Å². The number of aromatic nitrogens is 1. The monoisotopic (exact) mass is 261 g/mol. The largest absolute Gasteiger partial charge is 0.389 e. The molecule has 16 heavy (non-hydrogen) atoms. The Balaban J connectivity index is 2.58. The molecule has 0 aliphatic carbocycles. The van der Waals surface area contributed by atoms with E-state index in [4.69, 9.17) is 0 Å². The quantitative estimate of drug-likeness (QED) is 0.809. The van der Waals surface area contributed by atoms with Gasteiger partial charge in [0.15, 0.2) is 0 Å². The summed E-state index contributed by atoms with van der Waals surface area (Å²) in [6, 6.07) is 3.52. The van der Waals surface area contributed by atoms with Crippen LogP contribution in [0.1, 0.15) is 18.6 Å². The average molecular weight is 261 g/mol. The molecule has 0 spiro atoms. The van der Waals surface area contributed by atoms with Gasteiger partial charge < -0.3 is 5.11 Å². The van der Waals surface area contributed by atoms with Crippen LogP contribution < -0.4 is 0 Å². The molecular formula is C10H15NO3S2. The molecule has 0 bridgehead atoms. The third kappa shape index (κ3) is 4.96. The third-order valence-corrected chi connectivity index (χ3v) is 4.08. The summed E-state index contributed by atoms with van der Waals surface area (Å²) in [5, 5.41) is 10.1. The minimum atomic E-state index is -2.92. The molecule has 1 heterocycles. The molecule has 0 radical (unpaired) electrons. The molecule has 90 valence electrons. The maximum atomic E-state index is 10.9. The Labute approximate surface area is 100 Å². The van der Waals surface area contributed by atoms with Crippen LogP contribution in [-0.2, 0) is 9.84 Å². The maximum Gasteiger partial charge on any atom is 0.148 e. The number of aliphatic hydroxyl groups is 1. The summed E-state index contributed by atoms with van der Waals surface area (Å²) in [6.45, 7) is 1.68. The van der Waals surface area contributed by atoms with Gasteiger partial charge in [-0.1, -0.05) is 0 Å². The fourth-order valence-electron chi connectivity index (χ4n) is 1.06. The van der Waals surface area contributed by atoms with Gasteiger partial charge in [0.05, 0.1) is 16.9 Å². The first-order valence-corrected chi connectivity index (χ1v) is 7.87. The summed E-state index contributed by atoms with van der Waals surface area (Å²) in [5.74, 6) is 0.618. The standard InChI is InChI=1S/C10H15NO3S2/c1-8(12)9-3-4-11-10(7-9)15-5-6-16(2,13)14/h3-4,7-8,12H,5-6H2,1-2H3/t8-/m1/s1. The van der Waals surface area contributed by atoms with Crippen molar-refractivity contribution in [1.82, 2.24) is 4.98 Å². The topological polar surface area (TPSA) is 67.3 Å². The predicted octanol–water partition coefficient (Wildman–Crippen LogP) is 1.27. The molecule has 0 aliphatic rings. The van der Waals surface area contributed by atoms with Gasteiger partial charge in [0.1, 0.15) is 9.84 Å². The van der Waals surface area contributed by atoms with Gasteiger partial charge in [0.2, 0.25) is 0 Å².